The molecule has 7 heteroatoms. The van der Waals surface area contributed by atoms with Gasteiger partial charge in [0.1, 0.15) is 5.01 Å². The minimum Gasteiger partial charge on any atom is -0.356 e. The average molecular weight is 293 g/mol. The van der Waals surface area contributed by atoms with Crippen molar-refractivity contribution >= 4 is 22.2 Å². The highest BCUT2D eigenvalue weighted by atomic mass is 32.1. The van der Waals surface area contributed by atoms with Crippen LogP contribution in [0.1, 0.15) is 55.8 Å². The van der Waals surface area contributed by atoms with E-state index in [0.29, 0.717) is 18.8 Å². The van der Waals surface area contributed by atoms with Crippen LogP contribution in [-0.4, -0.2) is 32.3 Å². The van der Waals surface area contributed by atoms with E-state index in [2.05, 4.69) is 27.5 Å². The van der Waals surface area contributed by atoms with Gasteiger partial charge < -0.3 is 5.32 Å². The van der Waals surface area contributed by atoms with E-state index in [1.165, 1.54) is 24.2 Å². The fraction of sp³-hybridized carbons (Fsp3) is 0.692. The van der Waals surface area contributed by atoms with Crippen LogP contribution in [0.15, 0.2) is 0 Å². The number of fused-ring (bicyclic) bond motifs is 1. The molecule has 1 N–H and O–H groups in total. The molecule has 0 spiro atoms. The summed E-state index contributed by atoms with van der Waals surface area (Å²) in [4.78, 5) is 12.5. The van der Waals surface area contributed by atoms with E-state index in [0.717, 1.165) is 35.2 Å². The van der Waals surface area contributed by atoms with Crippen molar-refractivity contribution in [3.05, 3.63) is 10.8 Å². The number of carbonyl (C=O) groups excluding carboxylic acids is 1. The van der Waals surface area contributed by atoms with Gasteiger partial charge in [-0.15, -0.1) is 10.2 Å². The van der Waals surface area contributed by atoms with Crippen molar-refractivity contribution in [2.24, 2.45) is 0 Å². The third-order valence-electron chi connectivity index (χ3n) is 3.42. The van der Waals surface area contributed by atoms with Crippen molar-refractivity contribution in [1.82, 2.24) is 25.1 Å². The number of carbonyl (C=O) groups is 1. The van der Waals surface area contributed by atoms with Crippen molar-refractivity contribution in [3.63, 3.8) is 0 Å². The molecule has 108 valence electrons. The van der Waals surface area contributed by atoms with Gasteiger partial charge >= 0.3 is 0 Å². The Balaban J connectivity index is 1.56. The highest BCUT2D eigenvalue weighted by Crippen LogP contribution is 2.39. The summed E-state index contributed by atoms with van der Waals surface area (Å²) in [5.41, 5.74) is 0. The summed E-state index contributed by atoms with van der Waals surface area (Å²) in [7, 11) is 0. The first-order valence-corrected chi connectivity index (χ1v) is 8.07. The summed E-state index contributed by atoms with van der Waals surface area (Å²) in [6.07, 6.45) is 5.68. The van der Waals surface area contributed by atoms with E-state index in [1.807, 2.05) is 4.52 Å². The highest BCUT2D eigenvalue weighted by molar-refractivity contribution is 7.16. The number of nitrogens with zero attached hydrogens (tertiary/aromatic N) is 4. The zero-order valence-electron chi connectivity index (χ0n) is 11.6. The first-order chi connectivity index (χ1) is 9.78. The molecule has 0 bridgehead atoms. The molecule has 2 aromatic heterocycles. The van der Waals surface area contributed by atoms with Crippen LogP contribution >= 0.6 is 11.3 Å². The number of nitrogens with one attached hydrogen (secondary N) is 1. The van der Waals surface area contributed by atoms with Gasteiger partial charge in [-0.25, -0.2) is 0 Å². The number of aromatic nitrogens is 4. The molecular weight excluding hydrogens is 274 g/mol. The molecule has 0 aromatic carbocycles. The topological polar surface area (TPSA) is 72.2 Å². The van der Waals surface area contributed by atoms with Crippen molar-refractivity contribution in [2.75, 3.05) is 6.54 Å². The summed E-state index contributed by atoms with van der Waals surface area (Å²) in [6, 6.07) is 0. The minimum atomic E-state index is 0.104. The summed E-state index contributed by atoms with van der Waals surface area (Å²) in [5.74, 6) is 1.62. The normalized spacial score (nSPS) is 14.8. The van der Waals surface area contributed by atoms with Crippen molar-refractivity contribution in [2.45, 2.75) is 51.4 Å². The molecule has 2 aromatic rings. The van der Waals surface area contributed by atoms with E-state index in [-0.39, 0.29) is 5.91 Å². The van der Waals surface area contributed by atoms with Gasteiger partial charge in [-0.1, -0.05) is 24.7 Å². The van der Waals surface area contributed by atoms with Gasteiger partial charge in [-0.3, -0.25) is 4.79 Å². The van der Waals surface area contributed by atoms with Gasteiger partial charge in [0, 0.05) is 25.3 Å². The lowest BCUT2D eigenvalue weighted by Gasteiger charge is -2.02. The second-order valence-corrected chi connectivity index (χ2v) is 6.27. The third kappa shape index (κ3) is 2.98. The van der Waals surface area contributed by atoms with Crippen LogP contribution in [0.2, 0.25) is 0 Å². The van der Waals surface area contributed by atoms with E-state index in [4.69, 9.17) is 0 Å². The Kier molecular flexibility index (Phi) is 3.95. The van der Waals surface area contributed by atoms with Crippen LogP contribution in [0.3, 0.4) is 0 Å². The highest BCUT2D eigenvalue weighted by Gasteiger charge is 2.29. The van der Waals surface area contributed by atoms with Gasteiger partial charge in [-0.2, -0.15) is 9.61 Å². The Morgan fingerprint density at radius 3 is 3.05 bits per heavy atom. The van der Waals surface area contributed by atoms with Gasteiger partial charge in [0.15, 0.2) is 5.82 Å². The van der Waals surface area contributed by atoms with Crippen LogP contribution in [0.4, 0.5) is 0 Å². The van der Waals surface area contributed by atoms with Crippen molar-refractivity contribution in [3.8, 4) is 0 Å². The quantitative estimate of drug-likeness (QED) is 0.792. The molecule has 0 atom stereocenters. The van der Waals surface area contributed by atoms with Crippen LogP contribution in [0.5, 0.6) is 0 Å². The summed E-state index contributed by atoms with van der Waals surface area (Å²) in [5, 5.41) is 16.8. The van der Waals surface area contributed by atoms with Crippen LogP contribution in [0.25, 0.3) is 4.96 Å². The lowest BCUT2D eigenvalue weighted by Crippen LogP contribution is -2.24. The Morgan fingerprint density at radius 2 is 2.30 bits per heavy atom. The zero-order valence-corrected chi connectivity index (χ0v) is 12.4. The molecule has 0 aliphatic heterocycles. The third-order valence-corrected chi connectivity index (χ3v) is 4.38. The van der Waals surface area contributed by atoms with Gasteiger partial charge in [0.2, 0.25) is 10.9 Å². The second-order valence-electron chi connectivity index (χ2n) is 5.23. The molecule has 0 saturated heterocycles. The van der Waals surface area contributed by atoms with Gasteiger partial charge in [0.25, 0.3) is 0 Å². The fourth-order valence-electron chi connectivity index (χ4n) is 2.08. The first-order valence-electron chi connectivity index (χ1n) is 7.25. The van der Waals surface area contributed by atoms with Crippen LogP contribution in [0, 0.1) is 0 Å². The Morgan fingerprint density at radius 1 is 1.45 bits per heavy atom. The maximum Gasteiger partial charge on any atom is 0.234 e. The maximum absolute atomic E-state index is 11.7. The predicted octanol–water partition coefficient (Wildman–Crippen LogP) is 1.91. The molecule has 1 aliphatic rings. The Hall–Kier alpha value is -1.50. The first kappa shape index (κ1) is 13.5. The number of unbranched alkanes of at least 4 members (excludes halogenated alkanes) is 1. The van der Waals surface area contributed by atoms with Crippen molar-refractivity contribution < 1.29 is 4.79 Å². The molecule has 20 heavy (non-hydrogen) atoms. The SMILES string of the molecule is CCCCNC(=O)CCc1nn2c(C3CC3)nnc2s1. The standard InChI is InChI=1S/C13H19N5OS/c1-2-3-8-14-10(19)6-7-11-17-18-12(9-4-5-9)15-16-13(18)20-11/h9H,2-8H2,1H3,(H,14,19). The van der Waals surface area contributed by atoms with Gasteiger partial charge in [0.05, 0.1) is 0 Å². The molecule has 1 fully saturated rings. The molecule has 1 saturated carbocycles. The summed E-state index contributed by atoms with van der Waals surface area (Å²) < 4.78 is 1.85. The Labute approximate surface area is 121 Å². The lowest BCUT2D eigenvalue weighted by molar-refractivity contribution is -0.121. The molecule has 6 nitrogen and oxygen atoms in total. The van der Waals surface area contributed by atoms with E-state index in [9.17, 15) is 4.79 Å². The molecule has 0 radical (unpaired) electrons. The number of hydrogen-bond acceptors (Lipinski definition) is 5. The fourth-order valence-corrected chi connectivity index (χ4v) is 2.92. The monoisotopic (exact) mass is 293 g/mol. The largest absolute Gasteiger partial charge is 0.356 e. The molecule has 2 heterocycles. The molecule has 1 amide bonds. The number of aryl methyl sites for hydroxylation is 1. The van der Waals surface area contributed by atoms with Crippen LogP contribution < -0.4 is 5.32 Å². The van der Waals surface area contributed by atoms with Gasteiger partial charge in [-0.05, 0) is 19.3 Å². The number of hydrogen-bond donors (Lipinski definition) is 1. The summed E-state index contributed by atoms with van der Waals surface area (Å²) in [6.45, 7) is 2.88. The van der Waals surface area contributed by atoms with Crippen molar-refractivity contribution in [1.29, 1.82) is 0 Å². The minimum absolute atomic E-state index is 0.104. The van der Waals surface area contributed by atoms with E-state index >= 15 is 0 Å². The molecule has 3 rings (SSSR count). The summed E-state index contributed by atoms with van der Waals surface area (Å²) >= 11 is 1.53. The average Bonchev–Trinajstić information content (AvgIpc) is 3.07. The smallest absolute Gasteiger partial charge is 0.234 e. The predicted molar refractivity (Wildman–Crippen MR) is 76.9 cm³/mol. The van der Waals surface area contributed by atoms with Crippen LogP contribution in [-0.2, 0) is 11.2 Å². The number of rotatable bonds is 7. The maximum atomic E-state index is 11.7. The number of amides is 1. The zero-order chi connectivity index (χ0) is 13.9. The molecule has 0 unspecified atom stereocenters. The molecule has 1 aliphatic carbocycles. The second kappa shape index (κ2) is 5.87. The lowest BCUT2D eigenvalue weighted by atomic mass is 10.3. The van der Waals surface area contributed by atoms with E-state index < -0.39 is 0 Å². The Bertz CT molecular complexity index is 601. The van der Waals surface area contributed by atoms with E-state index in [1.54, 1.807) is 0 Å². The molecular formula is C13H19N5OS.